The molecule has 0 atom stereocenters. The highest BCUT2D eigenvalue weighted by Crippen LogP contribution is 2.03. The minimum atomic E-state index is -0.0754. The maximum Gasteiger partial charge on any atom is 0.305 e. The molecule has 0 amide bonds. The molecule has 1 N–H and O–H groups in total. The summed E-state index contributed by atoms with van der Waals surface area (Å²) in [5.41, 5.74) is 0. The smallest absolute Gasteiger partial charge is 0.305 e. The van der Waals surface area contributed by atoms with Crippen LogP contribution in [0.15, 0.2) is 4.99 Å². The van der Waals surface area contributed by atoms with Crippen LogP contribution >= 0.6 is 0 Å². The first-order valence-electron chi connectivity index (χ1n) is 8.23. The molecule has 0 radical (unpaired) electrons. The van der Waals surface area contributed by atoms with Crippen molar-refractivity contribution < 1.29 is 9.53 Å². The van der Waals surface area contributed by atoms with Gasteiger partial charge in [0.2, 0.25) is 0 Å². The summed E-state index contributed by atoms with van der Waals surface area (Å²) in [5.74, 6) is 0.892. The van der Waals surface area contributed by atoms with Crippen LogP contribution in [0.3, 0.4) is 0 Å². The number of guanidine groups is 1. The zero-order valence-corrected chi connectivity index (χ0v) is 14.3. The maximum absolute atomic E-state index is 11.2. The molecular formula is C16H33N3O2. The van der Waals surface area contributed by atoms with E-state index in [9.17, 15) is 4.79 Å². The Bertz CT molecular complexity index is 293. The van der Waals surface area contributed by atoms with Crippen LogP contribution in [0, 0.1) is 0 Å². The lowest BCUT2D eigenvalue weighted by Gasteiger charge is -2.21. The van der Waals surface area contributed by atoms with Gasteiger partial charge in [-0.05, 0) is 26.2 Å². The number of esters is 1. The molecule has 0 aliphatic carbocycles. The second kappa shape index (κ2) is 13.7. The summed E-state index contributed by atoms with van der Waals surface area (Å²) in [6.45, 7) is 6.49. The average Bonchev–Trinajstić information content (AvgIpc) is 2.48. The first-order valence-corrected chi connectivity index (χ1v) is 8.23. The van der Waals surface area contributed by atoms with Crippen molar-refractivity contribution in [3.8, 4) is 0 Å². The fourth-order valence-corrected chi connectivity index (χ4v) is 2.07. The Labute approximate surface area is 130 Å². The maximum atomic E-state index is 11.2. The summed E-state index contributed by atoms with van der Waals surface area (Å²) in [6.07, 6.45) is 7.15. The van der Waals surface area contributed by atoms with Crippen molar-refractivity contribution in [2.75, 3.05) is 33.8 Å². The van der Waals surface area contributed by atoms with Gasteiger partial charge < -0.3 is 15.0 Å². The number of hydrogen-bond acceptors (Lipinski definition) is 3. The topological polar surface area (TPSA) is 53.9 Å². The molecule has 5 nitrogen and oxygen atoms in total. The van der Waals surface area contributed by atoms with E-state index >= 15 is 0 Å². The van der Waals surface area contributed by atoms with E-state index in [0.717, 1.165) is 44.7 Å². The lowest BCUT2D eigenvalue weighted by Crippen LogP contribution is -2.39. The fourth-order valence-electron chi connectivity index (χ4n) is 2.07. The van der Waals surface area contributed by atoms with E-state index in [2.05, 4.69) is 29.2 Å². The second-order valence-corrected chi connectivity index (χ2v) is 5.22. The molecule has 0 bridgehead atoms. The Kier molecular flexibility index (Phi) is 12.9. The van der Waals surface area contributed by atoms with Crippen LogP contribution in [0.1, 0.15) is 58.8 Å². The molecule has 0 aromatic rings. The molecule has 5 heteroatoms. The number of hydrogen-bond donors (Lipinski definition) is 1. The third-order valence-electron chi connectivity index (χ3n) is 3.32. The van der Waals surface area contributed by atoms with Gasteiger partial charge >= 0.3 is 5.97 Å². The second-order valence-electron chi connectivity index (χ2n) is 5.22. The first kappa shape index (κ1) is 19.7. The molecule has 0 fully saturated rings. The Balaban J connectivity index is 3.58. The summed E-state index contributed by atoms with van der Waals surface area (Å²) < 4.78 is 4.90. The number of nitrogens with zero attached hydrogens (tertiary/aromatic N) is 2. The number of ether oxygens (including phenoxy) is 1. The predicted octanol–water partition coefficient (Wildman–Crippen LogP) is 2.81. The van der Waals surface area contributed by atoms with Crippen molar-refractivity contribution in [2.45, 2.75) is 58.8 Å². The predicted molar refractivity (Wildman–Crippen MR) is 88.6 cm³/mol. The van der Waals surface area contributed by atoms with Crippen LogP contribution in [0.4, 0.5) is 0 Å². The van der Waals surface area contributed by atoms with Crippen LogP contribution in [0.25, 0.3) is 0 Å². The zero-order chi connectivity index (χ0) is 15.9. The molecule has 0 aliphatic heterocycles. The van der Waals surface area contributed by atoms with Crippen molar-refractivity contribution >= 4 is 11.9 Å². The van der Waals surface area contributed by atoms with Gasteiger partial charge in [0.15, 0.2) is 5.96 Å². The molecule has 0 unspecified atom stereocenters. The van der Waals surface area contributed by atoms with E-state index in [1.807, 2.05) is 14.0 Å². The van der Waals surface area contributed by atoms with E-state index in [1.165, 1.54) is 12.8 Å². The van der Waals surface area contributed by atoms with E-state index in [-0.39, 0.29) is 5.97 Å². The molecule has 0 aromatic heterocycles. The van der Waals surface area contributed by atoms with Gasteiger partial charge in [0.05, 0.1) is 6.61 Å². The number of nitrogens with one attached hydrogen (secondary N) is 1. The number of carbonyl (C=O) groups excluding carboxylic acids is 1. The van der Waals surface area contributed by atoms with Gasteiger partial charge in [0, 0.05) is 33.6 Å². The van der Waals surface area contributed by atoms with Crippen LogP contribution < -0.4 is 5.32 Å². The van der Waals surface area contributed by atoms with E-state index in [0.29, 0.717) is 13.0 Å². The number of unbranched alkanes of at least 4 members (excludes halogenated alkanes) is 4. The molecule has 0 aliphatic rings. The van der Waals surface area contributed by atoms with Crippen molar-refractivity contribution in [2.24, 2.45) is 4.99 Å². The molecule has 0 saturated carbocycles. The normalized spacial score (nSPS) is 11.3. The Morgan fingerprint density at radius 2 is 1.86 bits per heavy atom. The van der Waals surface area contributed by atoms with Gasteiger partial charge in [-0.1, -0.05) is 26.2 Å². The van der Waals surface area contributed by atoms with Crippen LogP contribution in [-0.2, 0) is 9.53 Å². The lowest BCUT2D eigenvalue weighted by molar-refractivity contribution is -0.143. The van der Waals surface area contributed by atoms with Gasteiger partial charge in [-0.3, -0.25) is 9.79 Å². The Morgan fingerprint density at radius 3 is 2.48 bits per heavy atom. The highest BCUT2D eigenvalue weighted by Gasteiger charge is 2.04. The molecule has 124 valence electrons. The van der Waals surface area contributed by atoms with Gasteiger partial charge in [-0.2, -0.15) is 0 Å². The molecule has 0 aromatic carbocycles. The fraction of sp³-hybridized carbons (Fsp3) is 0.875. The summed E-state index contributed by atoms with van der Waals surface area (Å²) in [6, 6.07) is 0. The number of carbonyl (C=O) groups is 1. The van der Waals surface area contributed by atoms with E-state index in [1.54, 1.807) is 0 Å². The van der Waals surface area contributed by atoms with E-state index < -0.39 is 0 Å². The van der Waals surface area contributed by atoms with Gasteiger partial charge in [-0.25, -0.2) is 0 Å². The quantitative estimate of drug-likeness (QED) is 0.276. The summed E-state index contributed by atoms with van der Waals surface area (Å²) in [4.78, 5) is 17.6. The van der Waals surface area contributed by atoms with Crippen LogP contribution in [0.2, 0.25) is 0 Å². The van der Waals surface area contributed by atoms with Gasteiger partial charge in [0.25, 0.3) is 0 Å². The van der Waals surface area contributed by atoms with Gasteiger partial charge in [0.1, 0.15) is 0 Å². The van der Waals surface area contributed by atoms with Gasteiger partial charge in [-0.15, -0.1) is 0 Å². The van der Waals surface area contributed by atoms with Crippen molar-refractivity contribution in [1.29, 1.82) is 0 Å². The number of rotatable bonds is 11. The van der Waals surface area contributed by atoms with E-state index in [4.69, 9.17) is 4.74 Å². The van der Waals surface area contributed by atoms with Crippen molar-refractivity contribution in [3.63, 3.8) is 0 Å². The number of aliphatic imine (C=N–C) groups is 1. The molecular weight excluding hydrogens is 266 g/mol. The highest BCUT2D eigenvalue weighted by atomic mass is 16.5. The molecule has 0 rings (SSSR count). The minimum absolute atomic E-state index is 0.0754. The van der Waals surface area contributed by atoms with Crippen molar-refractivity contribution in [1.82, 2.24) is 10.2 Å². The van der Waals surface area contributed by atoms with Crippen LogP contribution in [-0.4, -0.2) is 50.6 Å². The standard InChI is InChI=1S/C16H33N3O2/c1-5-7-14-19(4)16(17-3)18-13-11-9-8-10-12-15(20)21-6-2/h5-14H2,1-4H3,(H,17,18). The monoisotopic (exact) mass is 299 g/mol. The molecule has 0 heterocycles. The SMILES string of the molecule is CCCCN(C)C(=NC)NCCCCCCC(=O)OCC. The summed E-state index contributed by atoms with van der Waals surface area (Å²) >= 11 is 0. The Hall–Kier alpha value is -1.26. The average molecular weight is 299 g/mol. The summed E-state index contributed by atoms with van der Waals surface area (Å²) in [7, 11) is 3.90. The zero-order valence-electron chi connectivity index (χ0n) is 14.3. The lowest BCUT2D eigenvalue weighted by atomic mass is 10.1. The molecule has 0 saturated heterocycles. The Morgan fingerprint density at radius 1 is 1.14 bits per heavy atom. The van der Waals surface area contributed by atoms with Crippen molar-refractivity contribution in [3.05, 3.63) is 0 Å². The molecule has 0 spiro atoms. The first-order chi connectivity index (χ1) is 10.2. The third kappa shape index (κ3) is 11.1. The summed E-state index contributed by atoms with van der Waals surface area (Å²) in [5, 5.41) is 3.38. The third-order valence-corrected chi connectivity index (χ3v) is 3.32. The highest BCUT2D eigenvalue weighted by molar-refractivity contribution is 5.79. The largest absolute Gasteiger partial charge is 0.466 e. The van der Waals surface area contributed by atoms with Crippen LogP contribution in [0.5, 0.6) is 0 Å². The minimum Gasteiger partial charge on any atom is -0.466 e. The molecule has 21 heavy (non-hydrogen) atoms.